The second kappa shape index (κ2) is 10.2. The Labute approximate surface area is 161 Å². The second-order valence-electron chi connectivity index (χ2n) is 6.18. The SMILES string of the molecule is CCOc1ccc(N(CCC#N)C(=O)CCOc2cccc(C)c2C)cc1. The predicted octanol–water partition coefficient (Wildman–Crippen LogP) is 4.42. The molecule has 27 heavy (non-hydrogen) atoms. The first-order valence-electron chi connectivity index (χ1n) is 9.16. The molecule has 0 radical (unpaired) electrons. The molecule has 0 aliphatic heterocycles. The van der Waals surface area contributed by atoms with Crippen molar-refractivity contribution in [1.82, 2.24) is 0 Å². The van der Waals surface area contributed by atoms with Crippen LogP contribution in [0.3, 0.4) is 0 Å². The molecular weight excluding hydrogens is 340 g/mol. The van der Waals surface area contributed by atoms with E-state index in [1.807, 2.05) is 63.2 Å². The highest BCUT2D eigenvalue weighted by Gasteiger charge is 2.16. The summed E-state index contributed by atoms with van der Waals surface area (Å²) < 4.78 is 11.2. The molecule has 0 fully saturated rings. The van der Waals surface area contributed by atoms with E-state index in [0.29, 0.717) is 19.8 Å². The number of amides is 1. The van der Waals surface area contributed by atoms with Gasteiger partial charge < -0.3 is 14.4 Å². The molecule has 0 spiro atoms. The minimum absolute atomic E-state index is 0.0697. The number of anilines is 1. The highest BCUT2D eigenvalue weighted by Crippen LogP contribution is 2.22. The first-order chi connectivity index (χ1) is 13.1. The van der Waals surface area contributed by atoms with E-state index in [-0.39, 0.29) is 18.7 Å². The van der Waals surface area contributed by atoms with E-state index in [1.165, 1.54) is 0 Å². The van der Waals surface area contributed by atoms with Crippen molar-refractivity contribution in [3.63, 3.8) is 0 Å². The van der Waals surface area contributed by atoms with Gasteiger partial charge in [-0.2, -0.15) is 5.26 Å². The number of carbonyl (C=O) groups is 1. The zero-order chi connectivity index (χ0) is 19.6. The molecule has 0 saturated heterocycles. The molecular formula is C22H26N2O3. The van der Waals surface area contributed by atoms with E-state index < -0.39 is 0 Å². The van der Waals surface area contributed by atoms with Crippen LogP contribution in [0, 0.1) is 25.2 Å². The normalized spacial score (nSPS) is 10.1. The van der Waals surface area contributed by atoms with Gasteiger partial charge >= 0.3 is 0 Å². The second-order valence-corrected chi connectivity index (χ2v) is 6.18. The minimum Gasteiger partial charge on any atom is -0.494 e. The third-order valence-electron chi connectivity index (χ3n) is 4.34. The number of hydrogen-bond donors (Lipinski definition) is 0. The fraction of sp³-hybridized carbons (Fsp3) is 0.364. The Hall–Kier alpha value is -3.00. The molecule has 0 aliphatic rings. The zero-order valence-corrected chi connectivity index (χ0v) is 16.2. The smallest absolute Gasteiger partial charge is 0.230 e. The van der Waals surface area contributed by atoms with Crippen molar-refractivity contribution < 1.29 is 14.3 Å². The van der Waals surface area contributed by atoms with Gasteiger partial charge in [0, 0.05) is 12.2 Å². The Balaban J connectivity index is 2.01. The van der Waals surface area contributed by atoms with Gasteiger partial charge in [0.25, 0.3) is 0 Å². The van der Waals surface area contributed by atoms with Gasteiger partial charge in [-0.15, -0.1) is 0 Å². The van der Waals surface area contributed by atoms with Crippen molar-refractivity contribution in [3.05, 3.63) is 53.6 Å². The summed E-state index contributed by atoms with van der Waals surface area (Å²) >= 11 is 0. The predicted molar refractivity (Wildman–Crippen MR) is 106 cm³/mol. The molecule has 0 unspecified atom stereocenters. The molecule has 1 amide bonds. The Kier molecular flexibility index (Phi) is 7.69. The van der Waals surface area contributed by atoms with Gasteiger partial charge in [-0.1, -0.05) is 12.1 Å². The van der Waals surface area contributed by atoms with Gasteiger partial charge in [0.05, 0.1) is 32.1 Å². The Bertz CT molecular complexity index is 794. The Morgan fingerprint density at radius 1 is 1.11 bits per heavy atom. The number of benzene rings is 2. The van der Waals surface area contributed by atoms with E-state index in [4.69, 9.17) is 14.7 Å². The standard InChI is InChI=1S/C22H26N2O3/c1-4-26-20-11-9-19(10-12-20)24(15-6-14-23)22(25)13-16-27-21-8-5-7-17(2)18(21)3/h5,7-12H,4,6,13,15-16H2,1-3H3. The van der Waals surface area contributed by atoms with E-state index in [2.05, 4.69) is 6.07 Å². The van der Waals surface area contributed by atoms with Crippen molar-refractivity contribution in [2.75, 3.05) is 24.7 Å². The summed E-state index contributed by atoms with van der Waals surface area (Å²) in [6.07, 6.45) is 0.517. The monoisotopic (exact) mass is 366 g/mol. The molecule has 0 aliphatic carbocycles. The average molecular weight is 366 g/mol. The molecule has 142 valence electrons. The Morgan fingerprint density at radius 2 is 1.85 bits per heavy atom. The average Bonchev–Trinajstić information content (AvgIpc) is 2.67. The van der Waals surface area contributed by atoms with Crippen LogP contribution in [0.2, 0.25) is 0 Å². The maximum atomic E-state index is 12.7. The summed E-state index contributed by atoms with van der Waals surface area (Å²) in [6.45, 7) is 7.20. The van der Waals surface area contributed by atoms with E-state index >= 15 is 0 Å². The summed E-state index contributed by atoms with van der Waals surface area (Å²) in [4.78, 5) is 14.3. The Morgan fingerprint density at radius 3 is 2.52 bits per heavy atom. The van der Waals surface area contributed by atoms with Crippen molar-refractivity contribution in [1.29, 1.82) is 5.26 Å². The summed E-state index contributed by atoms with van der Waals surface area (Å²) in [6, 6.07) is 15.3. The molecule has 5 nitrogen and oxygen atoms in total. The summed E-state index contributed by atoms with van der Waals surface area (Å²) in [5.41, 5.74) is 2.99. The molecule has 0 bridgehead atoms. The van der Waals surface area contributed by atoms with Crippen molar-refractivity contribution in [3.8, 4) is 17.6 Å². The number of hydrogen-bond acceptors (Lipinski definition) is 4. The van der Waals surface area contributed by atoms with Gasteiger partial charge in [-0.05, 0) is 62.2 Å². The van der Waals surface area contributed by atoms with E-state index in [0.717, 1.165) is 28.3 Å². The van der Waals surface area contributed by atoms with Crippen LogP contribution in [0.4, 0.5) is 5.69 Å². The highest BCUT2D eigenvalue weighted by atomic mass is 16.5. The molecule has 2 aromatic rings. The largest absolute Gasteiger partial charge is 0.494 e. The first-order valence-corrected chi connectivity index (χ1v) is 9.16. The molecule has 5 heteroatoms. The third kappa shape index (κ3) is 5.75. The quantitative estimate of drug-likeness (QED) is 0.659. The van der Waals surface area contributed by atoms with Crippen LogP contribution in [0.15, 0.2) is 42.5 Å². The summed E-state index contributed by atoms with van der Waals surface area (Å²) in [5, 5.41) is 8.91. The number of ether oxygens (including phenoxy) is 2. The van der Waals surface area contributed by atoms with Crippen LogP contribution in [-0.4, -0.2) is 25.7 Å². The van der Waals surface area contributed by atoms with Crippen LogP contribution in [-0.2, 0) is 4.79 Å². The van der Waals surface area contributed by atoms with Crippen LogP contribution >= 0.6 is 0 Å². The number of nitrogens with zero attached hydrogens (tertiary/aromatic N) is 2. The molecule has 0 saturated carbocycles. The molecule has 0 atom stereocenters. The molecule has 2 aromatic carbocycles. The molecule has 2 rings (SSSR count). The number of aryl methyl sites for hydroxylation is 1. The van der Waals surface area contributed by atoms with Crippen LogP contribution in [0.1, 0.15) is 30.9 Å². The maximum absolute atomic E-state index is 12.7. The molecule has 0 heterocycles. The lowest BCUT2D eigenvalue weighted by molar-refractivity contribution is -0.119. The summed E-state index contributed by atoms with van der Waals surface area (Å²) in [5.74, 6) is 1.49. The number of nitriles is 1. The zero-order valence-electron chi connectivity index (χ0n) is 16.2. The van der Waals surface area contributed by atoms with Gasteiger partial charge in [0.15, 0.2) is 0 Å². The minimum atomic E-state index is -0.0697. The lowest BCUT2D eigenvalue weighted by atomic mass is 10.1. The van der Waals surface area contributed by atoms with Crippen LogP contribution < -0.4 is 14.4 Å². The van der Waals surface area contributed by atoms with E-state index in [1.54, 1.807) is 4.90 Å². The van der Waals surface area contributed by atoms with Gasteiger partial charge in [0.2, 0.25) is 5.91 Å². The third-order valence-corrected chi connectivity index (χ3v) is 4.34. The van der Waals surface area contributed by atoms with Crippen molar-refractivity contribution >= 4 is 11.6 Å². The number of rotatable bonds is 9. The number of carbonyl (C=O) groups excluding carboxylic acids is 1. The maximum Gasteiger partial charge on any atom is 0.230 e. The molecule has 0 aromatic heterocycles. The van der Waals surface area contributed by atoms with Crippen molar-refractivity contribution in [2.45, 2.75) is 33.6 Å². The topological polar surface area (TPSA) is 62.6 Å². The highest BCUT2D eigenvalue weighted by molar-refractivity contribution is 5.93. The first kappa shape index (κ1) is 20.3. The van der Waals surface area contributed by atoms with Crippen LogP contribution in [0.25, 0.3) is 0 Å². The van der Waals surface area contributed by atoms with Gasteiger partial charge in [-0.25, -0.2) is 0 Å². The van der Waals surface area contributed by atoms with Gasteiger partial charge in [-0.3, -0.25) is 4.79 Å². The van der Waals surface area contributed by atoms with E-state index in [9.17, 15) is 4.79 Å². The van der Waals surface area contributed by atoms with Gasteiger partial charge in [0.1, 0.15) is 11.5 Å². The van der Waals surface area contributed by atoms with Crippen LogP contribution in [0.5, 0.6) is 11.5 Å². The summed E-state index contributed by atoms with van der Waals surface area (Å²) in [7, 11) is 0. The fourth-order valence-corrected chi connectivity index (χ4v) is 2.71. The fourth-order valence-electron chi connectivity index (χ4n) is 2.71. The lowest BCUT2D eigenvalue weighted by Crippen LogP contribution is -2.32. The molecule has 0 N–H and O–H groups in total. The lowest BCUT2D eigenvalue weighted by Gasteiger charge is -2.22. The van der Waals surface area contributed by atoms with Crippen molar-refractivity contribution in [2.24, 2.45) is 0 Å².